The van der Waals surface area contributed by atoms with E-state index in [4.69, 9.17) is 28.2 Å². The Morgan fingerprint density at radius 3 is 2.03 bits per heavy atom. The lowest BCUT2D eigenvalue weighted by atomic mass is 10.1. The van der Waals surface area contributed by atoms with E-state index in [1.807, 2.05) is 60.7 Å². The zero-order valence-electron chi connectivity index (χ0n) is 19.9. The molecule has 0 spiro atoms. The molecular weight excluding hydrogens is 613 g/mol. The fourth-order valence-corrected chi connectivity index (χ4v) is 6.95. The van der Waals surface area contributed by atoms with E-state index in [9.17, 15) is 8.42 Å². The van der Waals surface area contributed by atoms with Crippen molar-refractivity contribution in [2.45, 2.75) is 30.7 Å². The van der Waals surface area contributed by atoms with Crippen molar-refractivity contribution < 1.29 is 8.42 Å². The summed E-state index contributed by atoms with van der Waals surface area (Å²) in [5.41, 5.74) is 3.78. The Kier molecular flexibility index (Phi) is 9.32. The summed E-state index contributed by atoms with van der Waals surface area (Å²) in [6, 6.07) is 22.3. The predicted molar refractivity (Wildman–Crippen MR) is 158 cm³/mol. The lowest BCUT2D eigenvalue weighted by Gasteiger charge is -2.25. The van der Waals surface area contributed by atoms with Crippen LogP contribution in [0.4, 0.5) is 5.69 Å². The van der Waals surface area contributed by atoms with Gasteiger partial charge in [-0.15, -0.1) is 28.3 Å². The third-order valence-corrected chi connectivity index (χ3v) is 9.49. The zero-order valence-corrected chi connectivity index (χ0v) is 24.7. The lowest BCUT2D eigenvalue weighted by molar-refractivity contribution is 0.346. The molecule has 1 aliphatic rings. The number of rotatable bonds is 6. The van der Waals surface area contributed by atoms with Crippen LogP contribution < -0.4 is 4.80 Å². The van der Waals surface area contributed by atoms with Gasteiger partial charge in [-0.05, 0) is 72.5 Å². The number of aromatic nitrogens is 1. The first-order valence-corrected chi connectivity index (χ1v) is 14.8. The molecule has 0 amide bonds. The maximum atomic E-state index is 13.1. The van der Waals surface area contributed by atoms with Gasteiger partial charge in [-0.25, -0.2) is 13.4 Å². The summed E-state index contributed by atoms with van der Waals surface area (Å²) in [5.74, 6) is 0. The lowest BCUT2D eigenvalue weighted by Crippen LogP contribution is -2.35. The SMILES string of the molecule is Br.O=S(=O)(c1ccc(-c2csc(=Nc3ccc(Cl)cc3)n2Cc2ccc(Cl)cc2)cc1)N1CCCCC1. The van der Waals surface area contributed by atoms with Gasteiger partial charge in [0, 0.05) is 28.5 Å². The standard InChI is InChI=1S/C27H25Cl2N3O2S2.BrH/c28-22-8-4-20(5-9-22)18-32-26(19-35-27(32)30-24-12-10-23(29)11-13-24)21-6-14-25(15-7-21)36(33,34)31-16-2-1-3-17-31;/h4-15,19H,1-3,16-18H2;1H. The average Bonchev–Trinajstić information content (AvgIpc) is 3.29. The van der Waals surface area contributed by atoms with Crippen LogP contribution in [0.2, 0.25) is 10.0 Å². The van der Waals surface area contributed by atoms with E-state index in [1.54, 1.807) is 16.4 Å². The van der Waals surface area contributed by atoms with Crippen molar-refractivity contribution in [3.63, 3.8) is 0 Å². The second-order valence-electron chi connectivity index (χ2n) is 8.69. The van der Waals surface area contributed by atoms with Gasteiger partial charge in [-0.2, -0.15) is 4.31 Å². The molecule has 5 nitrogen and oxygen atoms in total. The fourth-order valence-electron chi connectivity index (χ4n) is 4.25. The third-order valence-electron chi connectivity index (χ3n) is 6.21. The summed E-state index contributed by atoms with van der Waals surface area (Å²) < 4.78 is 29.9. The molecule has 4 aromatic rings. The fraction of sp³-hybridized carbons (Fsp3) is 0.222. The number of benzene rings is 3. The molecule has 0 bridgehead atoms. The summed E-state index contributed by atoms with van der Waals surface area (Å²) in [5, 5.41) is 3.40. The smallest absolute Gasteiger partial charge is 0.243 e. The maximum absolute atomic E-state index is 13.1. The summed E-state index contributed by atoms with van der Waals surface area (Å²) >= 11 is 13.7. The Hall–Kier alpha value is -1.94. The van der Waals surface area contributed by atoms with Crippen molar-refractivity contribution in [2.24, 2.45) is 4.99 Å². The number of thiazole rings is 1. The van der Waals surface area contributed by atoms with Crippen LogP contribution in [0.15, 0.2) is 88.1 Å². The Morgan fingerprint density at radius 1 is 0.811 bits per heavy atom. The van der Waals surface area contributed by atoms with Crippen LogP contribution in [0.1, 0.15) is 24.8 Å². The molecule has 1 aliphatic heterocycles. The van der Waals surface area contributed by atoms with Crippen LogP contribution in [0.5, 0.6) is 0 Å². The van der Waals surface area contributed by atoms with E-state index in [0.717, 1.165) is 46.6 Å². The van der Waals surface area contributed by atoms with Gasteiger partial charge in [0.1, 0.15) is 0 Å². The van der Waals surface area contributed by atoms with Gasteiger partial charge >= 0.3 is 0 Å². The number of hydrogen-bond acceptors (Lipinski definition) is 4. The summed E-state index contributed by atoms with van der Waals surface area (Å²) in [6.45, 7) is 1.77. The first-order valence-electron chi connectivity index (χ1n) is 11.7. The van der Waals surface area contributed by atoms with Crippen molar-refractivity contribution in [1.29, 1.82) is 0 Å². The minimum atomic E-state index is -3.48. The van der Waals surface area contributed by atoms with E-state index >= 15 is 0 Å². The van der Waals surface area contributed by atoms with Gasteiger partial charge in [0.25, 0.3) is 0 Å². The van der Waals surface area contributed by atoms with Gasteiger partial charge in [0.05, 0.1) is 22.8 Å². The number of hydrogen-bond donors (Lipinski definition) is 0. The number of piperidine rings is 1. The minimum Gasteiger partial charge on any atom is -0.312 e. The van der Waals surface area contributed by atoms with Crippen LogP contribution in [-0.4, -0.2) is 30.4 Å². The first kappa shape index (κ1) is 28.1. The highest BCUT2D eigenvalue weighted by Crippen LogP contribution is 2.26. The molecule has 0 unspecified atom stereocenters. The van der Waals surface area contributed by atoms with Crippen molar-refractivity contribution >= 4 is 67.2 Å². The van der Waals surface area contributed by atoms with Crippen molar-refractivity contribution in [2.75, 3.05) is 13.1 Å². The Bertz CT molecular complexity index is 1510. The van der Waals surface area contributed by atoms with Crippen LogP contribution in [-0.2, 0) is 16.6 Å². The molecule has 3 aromatic carbocycles. The average molecular weight is 639 g/mol. The second kappa shape index (κ2) is 12.3. The largest absolute Gasteiger partial charge is 0.312 e. The van der Waals surface area contributed by atoms with Gasteiger partial charge in [0.2, 0.25) is 10.0 Å². The zero-order chi connectivity index (χ0) is 25.1. The maximum Gasteiger partial charge on any atom is 0.243 e. The van der Waals surface area contributed by atoms with Gasteiger partial charge in [-0.1, -0.05) is 53.9 Å². The highest BCUT2D eigenvalue weighted by atomic mass is 79.9. The van der Waals surface area contributed by atoms with E-state index in [-0.39, 0.29) is 17.0 Å². The van der Waals surface area contributed by atoms with E-state index in [0.29, 0.717) is 34.6 Å². The van der Waals surface area contributed by atoms with E-state index in [1.165, 1.54) is 11.3 Å². The molecule has 1 aromatic heterocycles. The molecule has 0 atom stereocenters. The summed E-state index contributed by atoms with van der Waals surface area (Å²) in [4.78, 5) is 6.01. The van der Waals surface area contributed by atoms with E-state index < -0.39 is 10.0 Å². The Balaban J connectivity index is 0.00000320. The van der Waals surface area contributed by atoms with Crippen molar-refractivity contribution in [1.82, 2.24) is 8.87 Å². The molecule has 0 radical (unpaired) electrons. The Labute approximate surface area is 241 Å². The molecule has 0 N–H and O–H groups in total. The number of nitrogens with zero attached hydrogens (tertiary/aromatic N) is 3. The molecule has 1 saturated heterocycles. The van der Waals surface area contributed by atoms with E-state index in [2.05, 4.69) is 9.95 Å². The normalized spacial score (nSPS) is 14.9. The molecule has 37 heavy (non-hydrogen) atoms. The topological polar surface area (TPSA) is 54.7 Å². The van der Waals surface area contributed by atoms with Crippen LogP contribution in [0, 0.1) is 0 Å². The Morgan fingerprint density at radius 2 is 1.41 bits per heavy atom. The van der Waals surface area contributed by atoms with Crippen molar-refractivity contribution in [3.05, 3.63) is 98.6 Å². The highest BCUT2D eigenvalue weighted by molar-refractivity contribution is 8.93. The molecule has 2 heterocycles. The van der Waals surface area contributed by atoms with Gasteiger partial charge < -0.3 is 4.57 Å². The number of halogens is 3. The second-order valence-corrected chi connectivity index (χ2v) is 12.3. The molecule has 194 valence electrons. The molecule has 10 heteroatoms. The minimum absolute atomic E-state index is 0. The molecule has 0 saturated carbocycles. The summed E-state index contributed by atoms with van der Waals surface area (Å²) in [6.07, 6.45) is 2.91. The molecule has 1 fully saturated rings. The van der Waals surface area contributed by atoms with Gasteiger partial charge in [-0.3, -0.25) is 0 Å². The highest BCUT2D eigenvalue weighted by Gasteiger charge is 2.25. The summed E-state index contributed by atoms with van der Waals surface area (Å²) in [7, 11) is -3.48. The molecular formula is C27H26BrCl2N3O2S2. The van der Waals surface area contributed by atoms with Crippen LogP contribution in [0.25, 0.3) is 11.3 Å². The first-order chi connectivity index (χ1) is 17.4. The van der Waals surface area contributed by atoms with Crippen molar-refractivity contribution in [3.8, 4) is 11.3 Å². The third kappa shape index (κ3) is 6.56. The van der Waals surface area contributed by atoms with Crippen LogP contribution in [0.3, 0.4) is 0 Å². The molecule has 0 aliphatic carbocycles. The monoisotopic (exact) mass is 637 g/mol. The predicted octanol–water partition coefficient (Wildman–Crippen LogP) is 7.56. The quantitative estimate of drug-likeness (QED) is 0.219. The molecule has 5 rings (SSSR count). The number of sulfonamides is 1. The van der Waals surface area contributed by atoms with Gasteiger partial charge in [0.15, 0.2) is 4.80 Å². The van der Waals surface area contributed by atoms with Crippen LogP contribution >= 0.6 is 51.5 Å².